The molecule has 31 heavy (non-hydrogen) atoms. The van der Waals surface area contributed by atoms with Gasteiger partial charge in [0, 0.05) is 18.6 Å². The molecule has 1 aromatic heterocycles. The summed E-state index contributed by atoms with van der Waals surface area (Å²) >= 11 is 0. The van der Waals surface area contributed by atoms with Crippen molar-refractivity contribution in [3.8, 4) is 5.75 Å². The van der Waals surface area contributed by atoms with Crippen molar-refractivity contribution < 1.29 is 27.5 Å². The molecule has 168 valence electrons. The minimum atomic E-state index is -4.68. The van der Waals surface area contributed by atoms with E-state index in [1.54, 1.807) is 38.1 Å². The van der Waals surface area contributed by atoms with E-state index in [0.29, 0.717) is 12.2 Å². The highest BCUT2D eigenvalue weighted by Gasteiger charge is 2.40. The molecule has 1 fully saturated rings. The summed E-state index contributed by atoms with van der Waals surface area (Å²) in [6.07, 6.45) is -1.29. The third-order valence-electron chi connectivity index (χ3n) is 4.73. The number of nitrogens with zero attached hydrogens (tertiary/aromatic N) is 2. The lowest BCUT2D eigenvalue weighted by atomic mass is 10.1. The van der Waals surface area contributed by atoms with Crippen LogP contribution in [0.3, 0.4) is 0 Å². The Balaban J connectivity index is 1.50. The fourth-order valence-electron chi connectivity index (χ4n) is 3.02. The molecule has 3 rings (SSSR count). The first-order chi connectivity index (χ1) is 14.6. The largest absolute Gasteiger partial charge is 0.484 e. The molecule has 0 spiro atoms. The average molecular weight is 438 g/mol. The molecule has 0 unspecified atom stereocenters. The molecule has 7 nitrogen and oxygen atoms in total. The van der Waals surface area contributed by atoms with E-state index in [1.165, 1.54) is 0 Å². The second-order valence-corrected chi connectivity index (χ2v) is 7.72. The summed E-state index contributed by atoms with van der Waals surface area (Å²) in [5.41, 5.74) is -0.675. The first kappa shape index (κ1) is 22.6. The highest BCUT2D eigenvalue weighted by molar-refractivity contribution is 5.95. The number of rotatable bonds is 9. The third-order valence-corrected chi connectivity index (χ3v) is 4.73. The Bertz CT molecular complexity index is 919. The lowest BCUT2D eigenvalue weighted by molar-refractivity contribution is -0.145. The summed E-state index contributed by atoms with van der Waals surface area (Å²) in [4.78, 5) is 23.9. The second-order valence-electron chi connectivity index (χ2n) is 7.72. The van der Waals surface area contributed by atoms with Crippen molar-refractivity contribution in [2.24, 2.45) is 0 Å². The molecular weight excluding hydrogens is 413 g/mol. The summed E-state index contributed by atoms with van der Waals surface area (Å²) in [5, 5.41) is 9.06. The first-order valence-corrected chi connectivity index (χ1v) is 10.1. The van der Waals surface area contributed by atoms with Crippen molar-refractivity contribution in [2.45, 2.75) is 51.4 Å². The lowest BCUT2D eigenvalue weighted by Gasteiger charge is -2.15. The normalized spacial score (nSPS) is 13.9. The zero-order valence-electron chi connectivity index (χ0n) is 17.3. The fourth-order valence-corrected chi connectivity index (χ4v) is 3.02. The third kappa shape index (κ3) is 6.22. The summed E-state index contributed by atoms with van der Waals surface area (Å²) in [7, 11) is 0. The van der Waals surface area contributed by atoms with Gasteiger partial charge < -0.3 is 15.4 Å². The maximum absolute atomic E-state index is 13.4. The number of carbonyl (C=O) groups excluding carboxylic acids is 2. The van der Waals surface area contributed by atoms with Gasteiger partial charge in [0.05, 0.1) is 11.8 Å². The molecule has 2 amide bonds. The number of amides is 2. The number of hydrogen-bond donors (Lipinski definition) is 2. The number of benzene rings is 1. The van der Waals surface area contributed by atoms with E-state index in [4.69, 9.17) is 4.74 Å². The van der Waals surface area contributed by atoms with Crippen molar-refractivity contribution in [3.05, 3.63) is 47.3 Å². The maximum atomic E-state index is 13.4. The van der Waals surface area contributed by atoms with Crippen LogP contribution in [-0.4, -0.2) is 40.8 Å². The zero-order chi connectivity index (χ0) is 22.6. The lowest BCUT2D eigenvalue weighted by Crippen LogP contribution is -2.30. The minimum Gasteiger partial charge on any atom is -0.484 e. The molecule has 0 atom stereocenters. The van der Waals surface area contributed by atoms with Crippen LogP contribution in [0.4, 0.5) is 13.2 Å². The summed E-state index contributed by atoms with van der Waals surface area (Å²) in [5.74, 6) is -0.441. The van der Waals surface area contributed by atoms with Crippen LogP contribution >= 0.6 is 0 Å². The van der Waals surface area contributed by atoms with E-state index in [-0.39, 0.29) is 25.1 Å². The Morgan fingerprint density at radius 3 is 2.48 bits per heavy atom. The molecule has 2 N–H and O–H groups in total. The van der Waals surface area contributed by atoms with Crippen LogP contribution in [0.1, 0.15) is 54.3 Å². The number of carbonyl (C=O) groups is 2. The number of ether oxygens (including phenoxy) is 1. The van der Waals surface area contributed by atoms with E-state index < -0.39 is 29.4 Å². The molecule has 1 aliphatic carbocycles. The molecule has 10 heteroatoms. The second kappa shape index (κ2) is 9.40. The smallest absolute Gasteiger partial charge is 0.433 e. The van der Waals surface area contributed by atoms with Gasteiger partial charge in [-0.3, -0.25) is 14.3 Å². The van der Waals surface area contributed by atoms with Crippen LogP contribution in [0, 0.1) is 0 Å². The van der Waals surface area contributed by atoms with Crippen molar-refractivity contribution in [3.63, 3.8) is 0 Å². The highest BCUT2D eigenvalue weighted by Crippen LogP contribution is 2.33. The van der Waals surface area contributed by atoms with Crippen molar-refractivity contribution in [1.29, 1.82) is 0 Å². The van der Waals surface area contributed by atoms with E-state index in [9.17, 15) is 22.8 Å². The average Bonchev–Trinajstić information content (AvgIpc) is 3.38. The van der Waals surface area contributed by atoms with E-state index >= 15 is 0 Å². The van der Waals surface area contributed by atoms with Crippen LogP contribution in [0.2, 0.25) is 0 Å². The number of halogens is 3. The van der Waals surface area contributed by atoms with Gasteiger partial charge in [-0.05, 0) is 50.8 Å². The predicted molar refractivity (Wildman–Crippen MR) is 107 cm³/mol. The molecule has 0 radical (unpaired) electrons. The summed E-state index contributed by atoms with van der Waals surface area (Å²) in [6, 6.07) is 6.71. The van der Waals surface area contributed by atoms with E-state index in [0.717, 1.165) is 29.3 Å². The van der Waals surface area contributed by atoms with Gasteiger partial charge in [0.2, 0.25) is 0 Å². The fraction of sp³-hybridized carbons (Fsp3) is 0.476. The van der Waals surface area contributed by atoms with Gasteiger partial charge in [0.25, 0.3) is 11.8 Å². The number of alkyl halides is 3. The van der Waals surface area contributed by atoms with Crippen molar-refractivity contribution >= 4 is 11.8 Å². The van der Waals surface area contributed by atoms with Crippen LogP contribution in [-0.2, 0) is 17.4 Å². The molecule has 0 aliphatic heterocycles. The molecule has 1 aromatic carbocycles. The molecule has 1 aliphatic rings. The van der Waals surface area contributed by atoms with Gasteiger partial charge in [-0.25, -0.2) is 0 Å². The minimum absolute atomic E-state index is 0.0580. The SMILES string of the molecule is CC(C)n1ncc(C(=O)NCCc2ccc(OCC(=O)NC3CC3)cc2)c1C(F)(F)F. The van der Waals surface area contributed by atoms with Crippen LogP contribution in [0.15, 0.2) is 30.5 Å². The van der Waals surface area contributed by atoms with Crippen molar-refractivity contribution in [2.75, 3.05) is 13.2 Å². The topological polar surface area (TPSA) is 85.2 Å². The molecule has 0 saturated heterocycles. The maximum Gasteiger partial charge on any atom is 0.433 e. The van der Waals surface area contributed by atoms with Gasteiger partial charge in [-0.2, -0.15) is 18.3 Å². The van der Waals surface area contributed by atoms with Crippen LogP contribution in [0.25, 0.3) is 0 Å². The van der Waals surface area contributed by atoms with E-state index in [2.05, 4.69) is 15.7 Å². The summed E-state index contributed by atoms with van der Waals surface area (Å²) in [6.45, 7) is 3.23. The van der Waals surface area contributed by atoms with Crippen LogP contribution < -0.4 is 15.4 Å². The summed E-state index contributed by atoms with van der Waals surface area (Å²) < 4.78 is 46.4. The monoisotopic (exact) mass is 438 g/mol. The standard InChI is InChI=1S/C21H25F3N4O3/c1-13(2)28-19(21(22,23)24)17(11-26-28)20(30)25-10-9-14-3-7-16(8-4-14)31-12-18(29)27-15-5-6-15/h3-4,7-8,11,13,15H,5-6,9-10,12H2,1-2H3,(H,25,30)(H,27,29). The number of aromatic nitrogens is 2. The Morgan fingerprint density at radius 1 is 1.23 bits per heavy atom. The molecule has 2 aromatic rings. The van der Waals surface area contributed by atoms with E-state index in [1.807, 2.05) is 0 Å². The Morgan fingerprint density at radius 2 is 1.90 bits per heavy atom. The Hall–Kier alpha value is -3.04. The van der Waals surface area contributed by atoms with Gasteiger partial charge in [0.1, 0.15) is 5.75 Å². The predicted octanol–water partition coefficient (Wildman–Crippen LogP) is 3.11. The molecule has 1 heterocycles. The van der Waals surface area contributed by atoms with Crippen molar-refractivity contribution in [1.82, 2.24) is 20.4 Å². The quantitative estimate of drug-likeness (QED) is 0.630. The van der Waals surface area contributed by atoms with Gasteiger partial charge in [-0.15, -0.1) is 0 Å². The molecular formula is C21H25F3N4O3. The Kier molecular flexibility index (Phi) is 6.87. The molecule has 0 bridgehead atoms. The van der Waals surface area contributed by atoms with Gasteiger partial charge in [-0.1, -0.05) is 12.1 Å². The number of hydrogen-bond acceptors (Lipinski definition) is 4. The number of nitrogens with one attached hydrogen (secondary N) is 2. The Labute approximate surface area is 178 Å². The highest BCUT2D eigenvalue weighted by atomic mass is 19.4. The zero-order valence-corrected chi connectivity index (χ0v) is 17.3. The van der Waals surface area contributed by atoms with Gasteiger partial charge >= 0.3 is 6.18 Å². The van der Waals surface area contributed by atoms with Gasteiger partial charge in [0.15, 0.2) is 12.3 Å². The first-order valence-electron chi connectivity index (χ1n) is 10.1. The molecule has 1 saturated carbocycles. The van der Waals surface area contributed by atoms with Crippen LogP contribution in [0.5, 0.6) is 5.75 Å².